The number of benzene rings is 1. The van der Waals surface area contributed by atoms with Crippen molar-refractivity contribution in [3.05, 3.63) is 23.8 Å². The number of rotatable bonds is 8. The van der Waals surface area contributed by atoms with Crippen molar-refractivity contribution < 1.29 is 19.7 Å². The Kier molecular flexibility index (Phi) is 6.49. The van der Waals surface area contributed by atoms with Crippen LogP contribution < -0.4 is 5.32 Å². The van der Waals surface area contributed by atoms with Crippen molar-refractivity contribution in [1.82, 2.24) is 5.32 Å². The Morgan fingerprint density at radius 2 is 1.83 bits per heavy atom. The molecule has 3 N–H and O–H groups in total. The van der Waals surface area contributed by atoms with Gasteiger partial charge in [0.25, 0.3) is 0 Å². The van der Waals surface area contributed by atoms with E-state index in [4.69, 9.17) is 9.47 Å². The SMILES string of the molecule is COCCOCCNC(C)c1c(O)cccc1O. The molecule has 0 saturated heterocycles. The molecule has 0 saturated carbocycles. The van der Waals surface area contributed by atoms with Gasteiger partial charge in [0, 0.05) is 19.7 Å². The van der Waals surface area contributed by atoms with Gasteiger partial charge in [-0.1, -0.05) is 6.07 Å². The molecule has 1 aromatic rings. The highest BCUT2D eigenvalue weighted by Gasteiger charge is 2.13. The van der Waals surface area contributed by atoms with E-state index in [0.717, 1.165) is 0 Å². The van der Waals surface area contributed by atoms with Crippen molar-refractivity contribution >= 4 is 0 Å². The lowest BCUT2D eigenvalue weighted by Gasteiger charge is -2.16. The van der Waals surface area contributed by atoms with Crippen LogP contribution in [-0.4, -0.2) is 43.7 Å². The van der Waals surface area contributed by atoms with Gasteiger partial charge in [0.1, 0.15) is 11.5 Å². The second-order valence-corrected chi connectivity index (χ2v) is 3.99. The summed E-state index contributed by atoms with van der Waals surface area (Å²) >= 11 is 0. The standard InChI is InChI=1S/C13H21NO4/c1-10(14-6-7-18-9-8-17-2)13-11(15)4-3-5-12(13)16/h3-5,10,14-16H,6-9H2,1-2H3. The molecule has 0 aliphatic heterocycles. The first-order valence-corrected chi connectivity index (χ1v) is 5.97. The van der Waals surface area contributed by atoms with E-state index in [1.807, 2.05) is 6.92 Å². The molecule has 0 aliphatic rings. The summed E-state index contributed by atoms with van der Waals surface area (Å²) in [5.41, 5.74) is 0.509. The number of phenolic OH excluding ortho intramolecular Hbond substituents is 2. The van der Waals surface area contributed by atoms with Crippen LogP contribution in [0.1, 0.15) is 18.5 Å². The van der Waals surface area contributed by atoms with Crippen LogP contribution in [0.3, 0.4) is 0 Å². The third-order valence-corrected chi connectivity index (χ3v) is 2.62. The van der Waals surface area contributed by atoms with Crippen LogP contribution in [0, 0.1) is 0 Å². The van der Waals surface area contributed by atoms with Gasteiger partial charge in [0.2, 0.25) is 0 Å². The number of hydrogen-bond acceptors (Lipinski definition) is 5. The zero-order valence-electron chi connectivity index (χ0n) is 10.8. The minimum absolute atomic E-state index is 0.0929. The third-order valence-electron chi connectivity index (χ3n) is 2.62. The molecule has 0 fully saturated rings. The minimum atomic E-state index is -0.141. The number of hydrogen-bond donors (Lipinski definition) is 3. The summed E-state index contributed by atoms with van der Waals surface area (Å²) in [6.07, 6.45) is 0. The Labute approximate surface area is 107 Å². The van der Waals surface area contributed by atoms with E-state index in [1.165, 1.54) is 0 Å². The number of methoxy groups -OCH3 is 1. The summed E-state index contributed by atoms with van der Waals surface area (Å²) in [7, 11) is 1.63. The topological polar surface area (TPSA) is 71.0 Å². The molecule has 0 bridgehead atoms. The van der Waals surface area contributed by atoms with E-state index in [9.17, 15) is 10.2 Å². The van der Waals surface area contributed by atoms with Crippen LogP contribution in [0.5, 0.6) is 11.5 Å². The molecule has 1 rings (SSSR count). The van der Waals surface area contributed by atoms with Crippen LogP contribution in [0.25, 0.3) is 0 Å². The van der Waals surface area contributed by atoms with Gasteiger partial charge in [-0.05, 0) is 19.1 Å². The molecule has 5 heteroatoms. The Balaban J connectivity index is 2.34. The fourth-order valence-electron chi connectivity index (χ4n) is 1.68. The number of aromatic hydroxyl groups is 2. The maximum Gasteiger partial charge on any atom is 0.124 e. The number of phenols is 2. The molecule has 0 radical (unpaired) electrons. The van der Waals surface area contributed by atoms with Crippen LogP contribution in [0.15, 0.2) is 18.2 Å². The minimum Gasteiger partial charge on any atom is -0.507 e. The average molecular weight is 255 g/mol. The summed E-state index contributed by atoms with van der Waals surface area (Å²) < 4.78 is 10.2. The van der Waals surface area contributed by atoms with Gasteiger partial charge >= 0.3 is 0 Å². The first-order valence-electron chi connectivity index (χ1n) is 5.97. The van der Waals surface area contributed by atoms with E-state index < -0.39 is 0 Å². The van der Waals surface area contributed by atoms with Crippen molar-refractivity contribution in [2.75, 3.05) is 33.5 Å². The largest absolute Gasteiger partial charge is 0.507 e. The quantitative estimate of drug-likeness (QED) is 0.613. The summed E-state index contributed by atoms with van der Waals surface area (Å²) in [5.74, 6) is 0.186. The number of ether oxygens (including phenoxy) is 2. The molecule has 0 heterocycles. The van der Waals surface area contributed by atoms with Crippen molar-refractivity contribution in [3.63, 3.8) is 0 Å². The van der Waals surface area contributed by atoms with E-state index in [-0.39, 0.29) is 17.5 Å². The summed E-state index contributed by atoms with van der Waals surface area (Å²) in [5, 5.41) is 22.5. The maximum absolute atomic E-state index is 9.69. The van der Waals surface area contributed by atoms with E-state index in [2.05, 4.69) is 5.32 Å². The molecular weight excluding hydrogens is 234 g/mol. The Bertz CT molecular complexity index is 337. The highest BCUT2D eigenvalue weighted by molar-refractivity contribution is 5.44. The van der Waals surface area contributed by atoms with Gasteiger partial charge in [-0.3, -0.25) is 0 Å². The molecule has 1 unspecified atom stereocenters. The fourth-order valence-corrected chi connectivity index (χ4v) is 1.68. The van der Waals surface area contributed by atoms with Crippen molar-refractivity contribution in [2.45, 2.75) is 13.0 Å². The van der Waals surface area contributed by atoms with E-state index >= 15 is 0 Å². The van der Waals surface area contributed by atoms with Gasteiger partial charge in [0.05, 0.1) is 25.4 Å². The second kappa shape index (κ2) is 7.92. The van der Waals surface area contributed by atoms with Gasteiger partial charge in [-0.25, -0.2) is 0 Å². The highest BCUT2D eigenvalue weighted by Crippen LogP contribution is 2.31. The molecule has 5 nitrogen and oxygen atoms in total. The van der Waals surface area contributed by atoms with Gasteiger partial charge < -0.3 is 25.0 Å². The summed E-state index contributed by atoms with van der Waals surface area (Å²) in [6.45, 7) is 4.22. The van der Waals surface area contributed by atoms with Crippen LogP contribution in [-0.2, 0) is 9.47 Å². The predicted octanol–water partition coefficient (Wildman–Crippen LogP) is 1.41. The lowest BCUT2D eigenvalue weighted by molar-refractivity contribution is 0.0712. The molecule has 102 valence electrons. The predicted molar refractivity (Wildman–Crippen MR) is 68.9 cm³/mol. The molecular formula is C13H21NO4. The zero-order chi connectivity index (χ0) is 13.4. The van der Waals surface area contributed by atoms with Crippen molar-refractivity contribution in [3.8, 4) is 11.5 Å². The molecule has 1 atom stereocenters. The van der Waals surface area contributed by atoms with Crippen LogP contribution in [0.2, 0.25) is 0 Å². The molecule has 0 amide bonds. The number of nitrogens with one attached hydrogen (secondary N) is 1. The molecule has 0 aromatic heterocycles. The molecule has 1 aromatic carbocycles. The average Bonchev–Trinajstić information content (AvgIpc) is 2.33. The fraction of sp³-hybridized carbons (Fsp3) is 0.538. The van der Waals surface area contributed by atoms with Crippen LogP contribution in [0.4, 0.5) is 0 Å². The first-order chi connectivity index (χ1) is 8.66. The summed E-state index contributed by atoms with van der Waals surface area (Å²) in [6, 6.07) is 4.58. The van der Waals surface area contributed by atoms with Gasteiger partial charge in [-0.15, -0.1) is 0 Å². The zero-order valence-corrected chi connectivity index (χ0v) is 10.8. The first kappa shape index (κ1) is 14.8. The molecule has 0 spiro atoms. The molecule has 18 heavy (non-hydrogen) atoms. The Morgan fingerprint density at radius 1 is 1.17 bits per heavy atom. The Morgan fingerprint density at radius 3 is 2.44 bits per heavy atom. The van der Waals surface area contributed by atoms with Crippen LogP contribution >= 0.6 is 0 Å². The second-order valence-electron chi connectivity index (χ2n) is 3.99. The van der Waals surface area contributed by atoms with E-state index in [1.54, 1.807) is 25.3 Å². The lowest BCUT2D eigenvalue weighted by atomic mass is 10.1. The maximum atomic E-state index is 9.69. The lowest BCUT2D eigenvalue weighted by Crippen LogP contribution is -2.24. The van der Waals surface area contributed by atoms with Crippen molar-refractivity contribution in [2.24, 2.45) is 0 Å². The van der Waals surface area contributed by atoms with E-state index in [0.29, 0.717) is 31.9 Å². The Hall–Kier alpha value is -1.30. The third kappa shape index (κ3) is 4.52. The summed E-state index contributed by atoms with van der Waals surface area (Å²) in [4.78, 5) is 0. The smallest absolute Gasteiger partial charge is 0.124 e. The van der Waals surface area contributed by atoms with Gasteiger partial charge in [0.15, 0.2) is 0 Å². The normalized spacial score (nSPS) is 12.6. The van der Waals surface area contributed by atoms with Crippen molar-refractivity contribution in [1.29, 1.82) is 0 Å². The molecule has 0 aliphatic carbocycles. The monoisotopic (exact) mass is 255 g/mol. The highest BCUT2D eigenvalue weighted by atomic mass is 16.5. The van der Waals surface area contributed by atoms with Gasteiger partial charge in [-0.2, -0.15) is 0 Å².